The summed E-state index contributed by atoms with van der Waals surface area (Å²) in [7, 11) is 0. The summed E-state index contributed by atoms with van der Waals surface area (Å²) in [6.45, 7) is 7.35. The lowest BCUT2D eigenvalue weighted by atomic mass is 9.80. The maximum atomic E-state index is 9.73. The van der Waals surface area contributed by atoms with Gasteiger partial charge in [0.25, 0.3) is 0 Å². The molecule has 20 heavy (non-hydrogen) atoms. The number of aliphatic hydroxyl groups is 1. The Balaban J connectivity index is 2.05. The zero-order valence-electron chi connectivity index (χ0n) is 12.9. The number of likely N-dealkylation sites (N-methyl/N-ethyl adjacent to an activating group) is 1. The summed E-state index contributed by atoms with van der Waals surface area (Å²) < 4.78 is 6.19. The van der Waals surface area contributed by atoms with E-state index in [1.54, 1.807) is 0 Å². The van der Waals surface area contributed by atoms with E-state index in [-0.39, 0.29) is 18.2 Å². The third-order valence-electron chi connectivity index (χ3n) is 4.28. The first-order chi connectivity index (χ1) is 9.58. The first-order valence-corrected chi connectivity index (χ1v) is 7.68. The number of aryl methyl sites for hydroxylation is 2. The van der Waals surface area contributed by atoms with Crippen molar-refractivity contribution in [2.75, 3.05) is 13.2 Å². The van der Waals surface area contributed by atoms with Gasteiger partial charge in [-0.2, -0.15) is 0 Å². The SMILES string of the molecule is CCNC1(CO)CCCC(Oc2ccc(C)cc2C)C1. The molecule has 0 radical (unpaired) electrons. The number of aliphatic hydroxyl groups excluding tert-OH is 1. The molecule has 1 aliphatic carbocycles. The number of rotatable bonds is 5. The molecule has 0 spiro atoms. The van der Waals surface area contributed by atoms with Gasteiger partial charge in [-0.1, -0.05) is 24.6 Å². The standard InChI is InChI=1S/C17H27NO2/c1-4-18-17(12-19)9-5-6-15(11-17)20-16-8-7-13(2)10-14(16)3/h7-8,10,15,18-19H,4-6,9,11-12H2,1-3H3. The van der Waals surface area contributed by atoms with Crippen LogP contribution in [0.25, 0.3) is 0 Å². The van der Waals surface area contributed by atoms with Crippen LogP contribution in [0.2, 0.25) is 0 Å². The van der Waals surface area contributed by atoms with Crippen LogP contribution in [-0.2, 0) is 0 Å². The second-order valence-electron chi connectivity index (χ2n) is 6.07. The summed E-state index contributed by atoms with van der Waals surface area (Å²) in [5.41, 5.74) is 2.29. The van der Waals surface area contributed by atoms with Crippen LogP contribution >= 0.6 is 0 Å². The Morgan fingerprint density at radius 1 is 1.40 bits per heavy atom. The molecule has 0 amide bonds. The van der Waals surface area contributed by atoms with E-state index in [1.165, 1.54) is 11.1 Å². The number of benzene rings is 1. The summed E-state index contributed by atoms with van der Waals surface area (Å²) in [5.74, 6) is 0.978. The van der Waals surface area contributed by atoms with Gasteiger partial charge < -0.3 is 15.2 Å². The second-order valence-corrected chi connectivity index (χ2v) is 6.07. The lowest BCUT2D eigenvalue weighted by molar-refractivity contribution is 0.0517. The first kappa shape index (κ1) is 15.3. The van der Waals surface area contributed by atoms with Crippen molar-refractivity contribution in [3.63, 3.8) is 0 Å². The summed E-state index contributed by atoms with van der Waals surface area (Å²) in [6, 6.07) is 6.31. The van der Waals surface area contributed by atoms with Crippen molar-refractivity contribution in [1.82, 2.24) is 5.32 Å². The molecule has 2 atom stereocenters. The van der Waals surface area contributed by atoms with Crippen molar-refractivity contribution in [2.24, 2.45) is 0 Å². The molecule has 0 bridgehead atoms. The van der Waals surface area contributed by atoms with Gasteiger partial charge in [0.1, 0.15) is 11.9 Å². The molecule has 3 nitrogen and oxygen atoms in total. The highest BCUT2D eigenvalue weighted by Crippen LogP contribution is 2.32. The van der Waals surface area contributed by atoms with Crippen molar-refractivity contribution in [2.45, 2.75) is 58.1 Å². The lowest BCUT2D eigenvalue weighted by Gasteiger charge is -2.40. The Kier molecular flexibility index (Phi) is 5.06. The molecule has 0 aliphatic heterocycles. The highest BCUT2D eigenvalue weighted by atomic mass is 16.5. The van der Waals surface area contributed by atoms with Gasteiger partial charge in [-0.25, -0.2) is 0 Å². The minimum atomic E-state index is -0.156. The van der Waals surface area contributed by atoms with Gasteiger partial charge in [0.2, 0.25) is 0 Å². The summed E-state index contributed by atoms with van der Waals surface area (Å²) in [4.78, 5) is 0. The van der Waals surface area contributed by atoms with Crippen LogP contribution in [0.4, 0.5) is 0 Å². The predicted octanol–water partition coefficient (Wildman–Crippen LogP) is 2.97. The molecule has 1 fully saturated rings. The summed E-state index contributed by atoms with van der Waals surface area (Å²) in [6.07, 6.45) is 4.27. The monoisotopic (exact) mass is 277 g/mol. The third kappa shape index (κ3) is 3.53. The zero-order chi connectivity index (χ0) is 14.6. The van der Waals surface area contributed by atoms with E-state index in [9.17, 15) is 5.11 Å². The molecule has 3 heteroatoms. The predicted molar refractivity (Wildman–Crippen MR) is 82.3 cm³/mol. The topological polar surface area (TPSA) is 41.5 Å². The first-order valence-electron chi connectivity index (χ1n) is 7.68. The molecule has 1 aromatic carbocycles. The molecule has 1 aromatic rings. The molecule has 112 valence electrons. The van der Waals surface area contributed by atoms with Crippen LogP contribution in [0.5, 0.6) is 5.75 Å². The largest absolute Gasteiger partial charge is 0.490 e. The Bertz CT molecular complexity index is 443. The van der Waals surface area contributed by atoms with E-state index in [2.05, 4.69) is 44.3 Å². The molecule has 2 rings (SSSR count). The zero-order valence-corrected chi connectivity index (χ0v) is 12.9. The maximum Gasteiger partial charge on any atom is 0.122 e. The fourth-order valence-corrected chi connectivity index (χ4v) is 3.25. The quantitative estimate of drug-likeness (QED) is 0.869. The highest BCUT2D eigenvalue weighted by Gasteiger charge is 2.36. The lowest BCUT2D eigenvalue weighted by Crippen LogP contribution is -2.53. The van der Waals surface area contributed by atoms with E-state index in [0.717, 1.165) is 38.0 Å². The molecule has 0 saturated heterocycles. The number of hydrogen-bond acceptors (Lipinski definition) is 3. The Morgan fingerprint density at radius 2 is 2.20 bits per heavy atom. The minimum absolute atomic E-state index is 0.156. The third-order valence-corrected chi connectivity index (χ3v) is 4.28. The van der Waals surface area contributed by atoms with Crippen molar-refractivity contribution in [3.05, 3.63) is 29.3 Å². The maximum absolute atomic E-state index is 9.73. The Labute approximate surface area is 122 Å². The van der Waals surface area contributed by atoms with E-state index in [0.29, 0.717) is 0 Å². The number of nitrogens with one attached hydrogen (secondary N) is 1. The van der Waals surface area contributed by atoms with Crippen molar-refractivity contribution in [1.29, 1.82) is 0 Å². The fourth-order valence-electron chi connectivity index (χ4n) is 3.25. The van der Waals surface area contributed by atoms with E-state index in [1.807, 2.05) is 0 Å². The van der Waals surface area contributed by atoms with Gasteiger partial charge in [-0.3, -0.25) is 0 Å². The van der Waals surface area contributed by atoms with Gasteiger partial charge in [-0.15, -0.1) is 0 Å². The average Bonchev–Trinajstić information content (AvgIpc) is 2.43. The normalized spacial score (nSPS) is 26.5. The average molecular weight is 277 g/mol. The van der Waals surface area contributed by atoms with Gasteiger partial charge in [0, 0.05) is 12.0 Å². The molecule has 2 unspecified atom stereocenters. The van der Waals surface area contributed by atoms with Crippen LogP contribution in [0.1, 0.15) is 43.7 Å². The molecule has 0 aromatic heterocycles. The fraction of sp³-hybridized carbons (Fsp3) is 0.647. The summed E-state index contributed by atoms with van der Waals surface area (Å²) in [5, 5.41) is 13.2. The van der Waals surface area contributed by atoms with Crippen LogP contribution in [0.15, 0.2) is 18.2 Å². The Morgan fingerprint density at radius 3 is 2.85 bits per heavy atom. The molecular weight excluding hydrogens is 250 g/mol. The number of hydrogen-bond donors (Lipinski definition) is 2. The number of ether oxygens (including phenoxy) is 1. The molecule has 0 heterocycles. The van der Waals surface area contributed by atoms with Crippen LogP contribution in [0, 0.1) is 13.8 Å². The van der Waals surface area contributed by atoms with E-state index >= 15 is 0 Å². The Hall–Kier alpha value is -1.06. The van der Waals surface area contributed by atoms with Crippen molar-refractivity contribution in [3.8, 4) is 5.75 Å². The van der Waals surface area contributed by atoms with Gasteiger partial charge in [0.15, 0.2) is 0 Å². The highest BCUT2D eigenvalue weighted by molar-refractivity contribution is 5.35. The van der Waals surface area contributed by atoms with Gasteiger partial charge in [-0.05, 0) is 51.3 Å². The van der Waals surface area contributed by atoms with Crippen molar-refractivity contribution < 1.29 is 9.84 Å². The minimum Gasteiger partial charge on any atom is -0.490 e. The molecule has 2 N–H and O–H groups in total. The van der Waals surface area contributed by atoms with Crippen LogP contribution in [0.3, 0.4) is 0 Å². The van der Waals surface area contributed by atoms with E-state index in [4.69, 9.17) is 4.74 Å². The van der Waals surface area contributed by atoms with Gasteiger partial charge >= 0.3 is 0 Å². The van der Waals surface area contributed by atoms with Gasteiger partial charge in [0.05, 0.1) is 6.61 Å². The summed E-state index contributed by atoms with van der Waals surface area (Å²) >= 11 is 0. The van der Waals surface area contributed by atoms with Crippen LogP contribution in [-0.4, -0.2) is 29.9 Å². The smallest absolute Gasteiger partial charge is 0.122 e. The van der Waals surface area contributed by atoms with E-state index < -0.39 is 0 Å². The van der Waals surface area contributed by atoms with Crippen molar-refractivity contribution >= 4 is 0 Å². The van der Waals surface area contributed by atoms with Crippen LogP contribution < -0.4 is 10.1 Å². The molecular formula is C17H27NO2. The molecule has 1 saturated carbocycles. The second kappa shape index (κ2) is 6.59. The molecule has 1 aliphatic rings.